The molecule has 128 valence electrons. The summed E-state index contributed by atoms with van der Waals surface area (Å²) in [5, 5.41) is 0.794. The number of nitrogens with zero attached hydrogens (tertiary/aromatic N) is 1. The van der Waals surface area contributed by atoms with Crippen molar-refractivity contribution in [2.24, 2.45) is 0 Å². The van der Waals surface area contributed by atoms with Crippen molar-refractivity contribution in [2.75, 3.05) is 4.90 Å². The van der Waals surface area contributed by atoms with Gasteiger partial charge in [-0.3, -0.25) is 19.8 Å². The number of imide groups is 1. The van der Waals surface area contributed by atoms with Gasteiger partial charge in [0.2, 0.25) is 5.91 Å². The fraction of sp³-hybridized carbons (Fsp3) is 0.118. The highest BCUT2D eigenvalue weighted by molar-refractivity contribution is 6.33. The zero-order valence-corrected chi connectivity index (χ0v) is 14.3. The van der Waals surface area contributed by atoms with Crippen molar-refractivity contribution in [3.8, 4) is 0 Å². The van der Waals surface area contributed by atoms with Crippen molar-refractivity contribution < 1.29 is 14.4 Å². The molecule has 1 saturated heterocycles. The molecule has 6 nitrogen and oxygen atoms in total. The van der Waals surface area contributed by atoms with Crippen LogP contribution < -0.4 is 15.8 Å². The number of rotatable bonds is 4. The topological polar surface area (TPSA) is 78.5 Å². The monoisotopic (exact) mass is 377 g/mol. The van der Waals surface area contributed by atoms with Crippen LogP contribution in [0.5, 0.6) is 0 Å². The Morgan fingerprint density at radius 3 is 2.40 bits per heavy atom. The van der Waals surface area contributed by atoms with Gasteiger partial charge in [0.05, 0.1) is 22.7 Å². The lowest BCUT2D eigenvalue weighted by Crippen LogP contribution is -2.48. The molecule has 1 atom stereocenters. The van der Waals surface area contributed by atoms with Gasteiger partial charge in [-0.15, -0.1) is 0 Å². The lowest BCUT2D eigenvalue weighted by Gasteiger charge is -2.16. The molecule has 8 heteroatoms. The van der Waals surface area contributed by atoms with E-state index >= 15 is 0 Å². The number of anilines is 1. The third kappa shape index (κ3) is 3.66. The number of hydrazine groups is 1. The molecule has 0 radical (unpaired) electrons. The summed E-state index contributed by atoms with van der Waals surface area (Å²) in [6.45, 7) is 0. The van der Waals surface area contributed by atoms with Gasteiger partial charge in [-0.05, 0) is 36.4 Å². The minimum atomic E-state index is -0.852. The summed E-state index contributed by atoms with van der Waals surface area (Å²) in [6.07, 6.45) is -0.0652. The van der Waals surface area contributed by atoms with Crippen molar-refractivity contribution in [3.63, 3.8) is 0 Å². The largest absolute Gasteiger partial charge is 0.287 e. The number of benzene rings is 2. The summed E-state index contributed by atoms with van der Waals surface area (Å²) in [5.74, 6) is -1.31. The lowest BCUT2D eigenvalue weighted by atomic mass is 10.2. The molecule has 0 saturated carbocycles. The first-order valence-electron chi connectivity index (χ1n) is 7.40. The molecule has 0 bridgehead atoms. The van der Waals surface area contributed by atoms with E-state index in [9.17, 15) is 14.4 Å². The predicted molar refractivity (Wildman–Crippen MR) is 94.4 cm³/mol. The molecule has 2 N–H and O–H groups in total. The Hall–Kier alpha value is -2.41. The van der Waals surface area contributed by atoms with Gasteiger partial charge in [-0.1, -0.05) is 35.3 Å². The molecule has 1 fully saturated rings. The van der Waals surface area contributed by atoms with E-state index in [1.165, 1.54) is 0 Å². The molecule has 1 aliphatic heterocycles. The summed E-state index contributed by atoms with van der Waals surface area (Å²) in [4.78, 5) is 37.8. The quantitative estimate of drug-likeness (QED) is 0.633. The number of carbonyl (C=O) groups excluding carboxylic acids is 3. The summed E-state index contributed by atoms with van der Waals surface area (Å²) in [7, 11) is 0. The van der Waals surface area contributed by atoms with E-state index in [-0.39, 0.29) is 17.9 Å². The van der Waals surface area contributed by atoms with E-state index in [1.807, 2.05) is 0 Å². The van der Waals surface area contributed by atoms with Gasteiger partial charge >= 0.3 is 0 Å². The molecule has 1 aliphatic rings. The highest BCUT2D eigenvalue weighted by atomic mass is 35.5. The van der Waals surface area contributed by atoms with E-state index in [0.29, 0.717) is 15.7 Å². The zero-order chi connectivity index (χ0) is 18.0. The fourth-order valence-electron chi connectivity index (χ4n) is 2.47. The van der Waals surface area contributed by atoms with E-state index in [1.54, 1.807) is 48.5 Å². The molecule has 0 aromatic heterocycles. The van der Waals surface area contributed by atoms with Gasteiger partial charge in [0.25, 0.3) is 11.8 Å². The highest BCUT2D eigenvalue weighted by Gasteiger charge is 2.39. The maximum Gasteiger partial charge on any atom is 0.266 e. The Morgan fingerprint density at radius 1 is 1.04 bits per heavy atom. The van der Waals surface area contributed by atoms with E-state index < -0.39 is 17.9 Å². The summed E-state index contributed by atoms with van der Waals surface area (Å²) < 4.78 is 0. The molecule has 0 unspecified atom stereocenters. The molecule has 3 rings (SSSR count). The van der Waals surface area contributed by atoms with Gasteiger partial charge in [0, 0.05) is 5.02 Å². The van der Waals surface area contributed by atoms with Crippen molar-refractivity contribution >= 4 is 46.6 Å². The molecule has 0 spiro atoms. The second-order valence-corrected chi connectivity index (χ2v) is 6.22. The molecule has 25 heavy (non-hydrogen) atoms. The van der Waals surface area contributed by atoms with Crippen LogP contribution in [-0.2, 0) is 9.59 Å². The molecular weight excluding hydrogens is 365 g/mol. The van der Waals surface area contributed by atoms with Gasteiger partial charge in [-0.25, -0.2) is 10.3 Å². The second kappa shape index (κ2) is 7.23. The van der Waals surface area contributed by atoms with Crippen LogP contribution in [0, 0.1) is 0 Å². The van der Waals surface area contributed by atoms with Crippen LogP contribution in [0.1, 0.15) is 16.8 Å². The number of hydrogen-bond acceptors (Lipinski definition) is 4. The third-order valence-corrected chi connectivity index (χ3v) is 4.29. The van der Waals surface area contributed by atoms with Crippen LogP contribution >= 0.6 is 23.2 Å². The number of amides is 3. The summed E-state index contributed by atoms with van der Waals surface area (Å²) >= 11 is 11.8. The molecule has 3 amide bonds. The fourth-order valence-corrected chi connectivity index (χ4v) is 2.82. The summed E-state index contributed by atoms with van der Waals surface area (Å²) in [5.41, 5.74) is 5.72. The zero-order valence-electron chi connectivity index (χ0n) is 12.8. The molecular formula is C17H13Cl2N3O3. The minimum Gasteiger partial charge on any atom is -0.287 e. The first-order valence-corrected chi connectivity index (χ1v) is 8.15. The minimum absolute atomic E-state index is 0.0652. The SMILES string of the molecule is O=C(NN[C@@H]1CC(=O)N(c2ccc(Cl)cc2)C1=O)c1ccccc1Cl. The number of carbonyl (C=O) groups is 3. The Balaban J connectivity index is 1.67. The number of hydrogen-bond donors (Lipinski definition) is 2. The number of halogens is 2. The van der Waals surface area contributed by atoms with Crippen molar-refractivity contribution in [2.45, 2.75) is 12.5 Å². The Labute approximate surface area is 153 Å². The van der Waals surface area contributed by atoms with E-state index in [2.05, 4.69) is 10.9 Å². The standard InChI is InChI=1S/C17H13Cl2N3O3/c18-10-5-7-11(8-6-10)22-15(23)9-14(17(22)25)20-21-16(24)12-3-1-2-4-13(12)19/h1-8,14,20H,9H2,(H,21,24)/t14-/m1/s1. The van der Waals surface area contributed by atoms with Gasteiger partial charge in [-0.2, -0.15) is 0 Å². The van der Waals surface area contributed by atoms with Crippen LogP contribution in [0.3, 0.4) is 0 Å². The van der Waals surface area contributed by atoms with Gasteiger partial charge < -0.3 is 0 Å². The second-order valence-electron chi connectivity index (χ2n) is 5.38. The molecule has 0 aliphatic carbocycles. The molecule has 1 heterocycles. The maximum absolute atomic E-state index is 12.4. The normalized spacial score (nSPS) is 17.0. The van der Waals surface area contributed by atoms with Crippen LogP contribution in [0.25, 0.3) is 0 Å². The highest BCUT2D eigenvalue weighted by Crippen LogP contribution is 2.24. The average molecular weight is 378 g/mol. The van der Waals surface area contributed by atoms with Gasteiger partial charge in [0.1, 0.15) is 6.04 Å². The average Bonchev–Trinajstić information content (AvgIpc) is 2.88. The molecule has 2 aromatic carbocycles. The van der Waals surface area contributed by atoms with Crippen LogP contribution in [0.2, 0.25) is 10.0 Å². The van der Waals surface area contributed by atoms with Gasteiger partial charge in [0.15, 0.2) is 0 Å². The van der Waals surface area contributed by atoms with Crippen molar-refractivity contribution in [1.82, 2.24) is 10.9 Å². The Bertz CT molecular complexity index is 839. The lowest BCUT2D eigenvalue weighted by molar-refractivity contribution is -0.121. The van der Waals surface area contributed by atoms with Crippen molar-refractivity contribution in [1.29, 1.82) is 0 Å². The Morgan fingerprint density at radius 2 is 1.72 bits per heavy atom. The van der Waals surface area contributed by atoms with Crippen molar-refractivity contribution in [3.05, 3.63) is 64.1 Å². The molecule has 2 aromatic rings. The van der Waals surface area contributed by atoms with E-state index in [0.717, 1.165) is 4.90 Å². The summed E-state index contributed by atoms with van der Waals surface area (Å²) in [6, 6.07) is 12.0. The smallest absolute Gasteiger partial charge is 0.266 e. The maximum atomic E-state index is 12.4. The first kappa shape index (κ1) is 17.4. The van der Waals surface area contributed by atoms with Crippen LogP contribution in [-0.4, -0.2) is 23.8 Å². The number of nitrogens with one attached hydrogen (secondary N) is 2. The third-order valence-electron chi connectivity index (χ3n) is 3.71. The first-order chi connectivity index (χ1) is 12.0. The van der Waals surface area contributed by atoms with Crippen LogP contribution in [0.4, 0.5) is 5.69 Å². The van der Waals surface area contributed by atoms with Crippen LogP contribution in [0.15, 0.2) is 48.5 Å². The predicted octanol–water partition coefficient (Wildman–Crippen LogP) is 2.56. The Kier molecular flexibility index (Phi) is 5.03. The van der Waals surface area contributed by atoms with E-state index in [4.69, 9.17) is 23.2 Å².